The molecule has 5 nitrogen and oxygen atoms in total. The van der Waals surface area contributed by atoms with Gasteiger partial charge in [0.25, 0.3) is 0 Å². The molecule has 1 heterocycles. The Bertz CT molecular complexity index is 828. The van der Waals surface area contributed by atoms with Crippen molar-refractivity contribution in [1.82, 2.24) is 4.90 Å². The first-order valence-corrected chi connectivity index (χ1v) is 10.6. The zero-order chi connectivity index (χ0) is 21.6. The fraction of sp³-hybridized carbons (Fsp3) is 0.667. The monoisotopic (exact) mass is 396 g/mol. The summed E-state index contributed by atoms with van der Waals surface area (Å²) >= 11 is 0. The number of ketones is 2. The molecule has 0 radical (unpaired) electrons. The largest absolute Gasteiger partial charge is 0.341 e. The van der Waals surface area contributed by atoms with Gasteiger partial charge in [-0.15, -0.1) is 0 Å². The van der Waals surface area contributed by atoms with Crippen molar-refractivity contribution in [3.8, 4) is 6.07 Å². The van der Waals surface area contributed by atoms with Crippen molar-refractivity contribution in [1.29, 1.82) is 5.26 Å². The Kier molecular flexibility index (Phi) is 5.60. The van der Waals surface area contributed by atoms with Crippen LogP contribution in [0.5, 0.6) is 0 Å². The maximum Gasteiger partial charge on any atom is 0.242 e. The fourth-order valence-electron chi connectivity index (χ4n) is 5.52. The summed E-state index contributed by atoms with van der Waals surface area (Å²) in [5.74, 6) is -0.433. The molecule has 1 atom stereocenters. The second kappa shape index (κ2) is 7.55. The van der Waals surface area contributed by atoms with E-state index >= 15 is 0 Å². The molecule has 29 heavy (non-hydrogen) atoms. The van der Waals surface area contributed by atoms with Gasteiger partial charge in [-0.05, 0) is 63.9 Å². The third-order valence-electron chi connectivity index (χ3n) is 7.06. The van der Waals surface area contributed by atoms with Crippen molar-refractivity contribution in [2.24, 2.45) is 22.7 Å². The quantitative estimate of drug-likeness (QED) is 0.661. The lowest BCUT2D eigenvalue weighted by molar-refractivity contribution is -0.144. The molecular formula is C24H32N2O3. The topological polar surface area (TPSA) is 78.2 Å². The number of rotatable bonds is 2. The third kappa shape index (κ3) is 3.95. The first-order chi connectivity index (χ1) is 13.5. The minimum atomic E-state index is -1.04. The number of hydrogen-bond donors (Lipinski definition) is 0. The van der Waals surface area contributed by atoms with Gasteiger partial charge in [0, 0.05) is 25.9 Å². The zero-order valence-corrected chi connectivity index (χ0v) is 18.3. The van der Waals surface area contributed by atoms with Gasteiger partial charge in [0.2, 0.25) is 5.91 Å². The lowest BCUT2D eigenvalue weighted by atomic mass is 9.61. The van der Waals surface area contributed by atoms with Gasteiger partial charge in [0.1, 0.15) is 17.0 Å². The van der Waals surface area contributed by atoms with Crippen LogP contribution < -0.4 is 0 Å². The number of carbonyl (C=O) groups excluding carboxylic acids is 3. The first kappa shape index (κ1) is 21.5. The molecule has 2 aliphatic carbocycles. The predicted octanol–water partition coefficient (Wildman–Crippen LogP) is 4.00. The summed E-state index contributed by atoms with van der Waals surface area (Å²) in [5.41, 5.74) is 2.02. The molecule has 0 aromatic rings. The van der Waals surface area contributed by atoms with Gasteiger partial charge in [-0.1, -0.05) is 24.1 Å². The highest BCUT2D eigenvalue weighted by Crippen LogP contribution is 2.47. The summed E-state index contributed by atoms with van der Waals surface area (Å²) in [6, 6.07) is 2.07. The van der Waals surface area contributed by atoms with Gasteiger partial charge in [0.15, 0.2) is 0 Å². The number of carbonyl (C=O) groups is 3. The number of Topliss-reactive ketones (excluding diaryl/α,β-unsaturated/α-hetero) is 2. The lowest BCUT2D eigenvalue weighted by Gasteiger charge is -2.46. The van der Waals surface area contributed by atoms with Crippen molar-refractivity contribution < 1.29 is 14.4 Å². The second-order valence-corrected chi connectivity index (χ2v) is 9.98. The summed E-state index contributed by atoms with van der Waals surface area (Å²) in [4.78, 5) is 40.6. The molecule has 2 fully saturated rings. The average molecular weight is 397 g/mol. The van der Waals surface area contributed by atoms with Crippen molar-refractivity contribution in [3.63, 3.8) is 0 Å². The van der Waals surface area contributed by atoms with Crippen LogP contribution in [0.1, 0.15) is 66.7 Å². The third-order valence-corrected chi connectivity index (χ3v) is 7.06. The van der Waals surface area contributed by atoms with Crippen LogP contribution in [0, 0.1) is 34.0 Å². The Hall–Kier alpha value is -2.22. The molecule has 1 saturated carbocycles. The maximum absolute atomic E-state index is 13.2. The summed E-state index contributed by atoms with van der Waals surface area (Å²) in [6.07, 6.45) is 5.15. The van der Waals surface area contributed by atoms with Gasteiger partial charge in [-0.25, -0.2) is 0 Å². The Morgan fingerprint density at radius 2 is 1.72 bits per heavy atom. The van der Waals surface area contributed by atoms with Crippen molar-refractivity contribution in [2.75, 3.05) is 13.1 Å². The van der Waals surface area contributed by atoms with E-state index in [9.17, 15) is 19.6 Å². The molecule has 3 aliphatic rings. The predicted molar refractivity (Wildman–Crippen MR) is 111 cm³/mol. The summed E-state index contributed by atoms with van der Waals surface area (Å²) in [7, 11) is 0. The molecule has 1 unspecified atom stereocenters. The van der Waals surface area contributed by atoms with E-state index in [1.165, 1.54) is 5.57 Å². The Labute approximate surface area is 173 Å². The summed E-state index contributed by atoms with van der Waals surface area (Å²) < 4.78 is 0. The van der Waals surface area contributed by atoms with Crippen LogP contribution >= 0.6 is 0 Å². The second-order valence-electron chi connectivity index (χ2n) is 9.98. The minimum Gasteiger partial charge on any atom is -0.341 e. The fourth-order valence-corrected chi connectivity index (χ4v) is 5.52. The molecular weight excluding hydrogens is 364 g/mol. The van der Waals surface area contributed by atoms with Crippen LogP contribution in [0.2, 0.25) is 0 Å². The molecule has 3 rings (SSSR count). The first-order valence-electron chi connectivity index (χ1n) is 10.6. The van der Waals surface area contributed by atoms with E-state index in [1.807, 2.05) is 6.92 Å². The molecule has 0 aromatic carbocycles. The van der Waals surface area contributed by atoms with Crippen molar-refractivity contribution in [3.05, 3.63) is 22.8 Å². The van der Waals surface area contributed by atoms with E-state index < -0.39 is 11.3 Å². The highest BCUT2D eigenvalue weighted by Gasteiger charge is 2.49. The molecule has 0 bridgehead atoms. The molecule has 1 amide bonds. The van der Waals surface area contributed by atoms with Crippen molar-refractivity contribution >= 4 is 17.5 Å². The highest BCUT2D eigenvalue weighted by atomic mass is 16.2. The molecule has 5 heteroatoms. The standard InChI is InChI=1S/C24H32N2O3/c1-15-10-16(2)20(17(3)11-15)21-18(27)12-24(13-19(21)28)6-8-26(9-7-24)22(29)23(4,5)14-25/h10,17,21H,6-9,11-13H2,1-5H3. The number of nitriles is 1. The Morgan fingerprint density at radius 1 is 1.17 bits per heavy atom. The average Bonchev–Trinajstić information content (AvgIpc) is 2.63. The van der Waals surface area contributed by atoms with E-state index in [0.717, 1.165) is 17.6 Å². The number of likely N-dealkylation sites (tertiary alicyclic amines) is 1. The van der Waals surface area contributed by atoms with Crippen LogP contribution in [0.4, 0.5) is 0 Å². The van der Waals surface area contributed by atoms with Crippen LogP contribution in [-0.4, -0.2) is 35.5 Å². The Balaban J connectivity index is 1.74. The zero-order valence-electron chi connectivity index (χ0n) is 18.3. The van der Waals surface area contributed by atoms with Gasteiger partial charge >= 0.3 is 0 Å². The van der Waals surface area contributed by atoms with E-state index in [-0.39, 0.29) is 28.8 Å². The number of allylic oxidation sites excluding steroid dienone is 4. The number of amides is 1. The van der Waals surface area contributed by atoms with Gasteiger partial charge in [-0.3, -0.25) is 14.4 Å². The Morgan fingerprint density at radius 3 is 2.21 bits per heavy atom. The van der Waals surface area contributed by atoms with Gasteiger partial charge in [0.05, 0.1) is 12.0 Å². The molecule has 0 N–H and O–H groups in total. The summed E-state index contributed by atoms with van der Waals surface area (Å²) in [6.45, 7) is 10.5. The van der Waals surface area contributed by atoms with E-state index in [0.29, 0.717) is 38.8 Å². The molecule has 1 spiro atoms. The van der Waals surface area contributed by atoms with E-state index in [2.05, 4.69) is 26.0 Å². The molecule has 0 aromatic heterocycles. The highest BCUT2D eigenvalue weighted by molar-refractivity contribution is 6.08. The van der Waals surface area contributed by atoms with Crippen LogP contribution in [0.15, 0.2) is 22.8 Å². The van der Waals surface area contributed by atoms with Crippen LogP contribution in [0.3, 0.4) is 0 Å². The normalized spacial score (nSPS) is 25.9. The van der Waals surface area contributed by atoms with Gasteiger partial charge < -0.3 is 4.90 Å². The minimum absolute atomic E-state index is 0.0486. The molecule has 156 valence electrons. The molecule has 1 aliphatic heterocycles. The lowest BCUT2D eigenvalue weighted by Crippen LogP contribution is -2.51. The van der Waals surface area contributed by atoms with E-state index in [4.69, 9.17) is 0 Å². The number of piperidine rings is 1. The molecule has 1 saturated heterocycles. The number of hydrogen-bond acceptors (Lipinski definition) is 4. The van der Waals surface area contributed by atoms with Crippen LogP contribution in [-0.2, 0) is 14.4 Å². The van der Waals surface area contributed by atoms with E-state index in [1.54, 1.807) is 18.7 Å². The SMILES string of the molecule is CC1=CC(C)=C(C2C(=O)CC3(CCN(C(=O)C(C)(C)C#N)CC3)CC2=O)C(C)C1. The summed E-state index contributed by atoms with van der Waals surface area (Å²) in [5, 5.41) is 9.22. The maximum atomic E-state index is 13.2. The van der Waals surface area contributed by atoms with Crippen LogP contribution in [0.25, 0.3) is 0 Å². The van der Waals surface area contributed by atoms with Crippen molar-refractivity contribution in [2.45, 2.75) is 66.7 Å². The number of nitrogens with zero attached hydrogens (tertiary/aromatic N) is 2. The van der Waals surface area contributed by atoms with Gasteiger partial charge in [-0.2, -0.15) is 5.26 Å². The smallest absolute Gasteiger partial charge is 0.242 e.